The number of nitrogens with two attached hydrogens (primary N) is 1. The number of aromatic nitrogens is 4. The van der Waals surface area contributed by atoms with Crippen molar-refractivity contribution in [2.45, 2.75) is 70.1 Å². The van der Waals surface area contributed by atoms with Gasteiger partial charge in [-0.05, 0) is 44.7 Å². The summed E-state index contributed by atoms with van der Waals surface area (Å²) in [6, 6.07) is 6.79. The maximum atomic E-state index is 15.1. The summed E-state index contributed by atoms with van der Waals surface area (Å²) in [7, 11) is 1.73. The number of morpholine rings is 1. The van der Waals surface area contributed by atoms with Crippen LogP contribution in [0.15, 0.2) is 30.5 Å². The van der Waals surface area contributed by atoms with E-state index in [2.05, 4.69) is 37.8 Å². The fourth-order valence-electron chi connectivity index (χ4n) is 6.78. The van der Waals surface area contributed by atoms with Crippen molar-refractivity contribution in [2.75, 3.05) is 60.3 Å². The molecular weight excluding hydrogens is 603 g/mol. The number of hydrogen-bond acceptors (Lipinski definition) is 10. The number of nitrogens with one attached hydrogen (secondary N) is 4. The van der Waals surface area contributed by atoms with Crippen molar-refractivity contribution in [1.29, 1.82) is 0 Å². The number of carbonyl (C=O) groups is 2. The minimum absolute atomic E-state index is 0.0332. The molecule has 6 rings (SSSR count). The van der Waals surface area contributed by atoms with E-state index in [9.17, 15) is 9.59 Å². The summed E-state index contributed by atoms with van der Waals surface area (Å²) < 4.78 is 20.8. The van der Waals surface area contributed by atoms with Crippen molar-refractivity contribution in [1.82, 2.24) is 25.3 Å². The predicted octanol–water partition coefficient (Wildman–Crippen LogP) is 3.52. The average Bonchev–Trinajstić information content (AvgIpc) is 3.60. The van der Waals surface area contributed by atoms with Gasteiger partial charge in [-0.15, -0.1) is 0 Å². The molecule has 3 fully saturated rings. The maximum Gasteiger partial charge on any atom is 0.291 e. The maximum absolute atomic E-state index is 15.1. The van der Waals surface area contributed by atoms with E-state index in [0.717, 1.165) is 44.9 Å². The summed E-state index contributed by atoms with van der Waals surface area (Å²) in [4.78, 5) is 48.1. The largest absolute Gasteiger partial charge is 0.373 e. The van der Waals surface area contributed by atoms with E-state index < -0.39 is 11.7 Å². The molecule has 14 heteroatoms. The predicted molar refractivity (Wildman–Crippen MR) is 179 cm³/mol. The second kappa shape index (κ2) is 14.7. The molecule has 6 N–H and O–H groups in total. The van der Waals surface area contributed by atoms with Crippen LogP contribution in [0.3, 0.4) is 0 Å². The summed E-state index contributed by atoms with van der Waals surface area (Å²) in [6.45, 7) is 4.38. The molecule has 3 atom stereocenters. The van der Waals surface area contributed by atoms with Crippen LogP contribution in [0.5, 0.6) is 0 Å². The molecule has 47 heavy (non-hydrogen) atoms. The topological polar surface area (TPSA) is 166 Å². The summed E-state index contributed by atoms with van der Waals surface area (Å²) in [5.74, 6) is -0.135. The van der Waals surface area contributed by atoms with E-state index >= 15 is 4.39 Å². The Morgan fingerprint density at radius 1 is 1.13 bits per heavy atom. The molecule has 1 aromatic carbocycles. The van der Waals surface area contributed by atoms with Crippen molar-refractivity contribution >= 4 is 35.0 Å². The molecule has 2 aliphatic heterocycles. The highest BCUT2D eigenvalue weighted by Gasteiger charge is 2.35. The number of amides is 2. The number of benzene rings is 1. The third-order valence-electron chi connectivity index (χ3n) is 9.38. The third kappa shape index (κ3) is 7.39. The Kier molecular flexibility index (Phi) is 10.3. The van der Waals surface area contributed by atoms with E-state index in [1.54, 1.807) is 31.4 Å². The number of piperidine rings is 1. The first-order chi connectivity index (χ1) is 22.8. The van der Waals surface area contributed by atoms with Gasteiger partial charge in [-0.25, -0.2) is 14.4 Å². The fraction of sp³-hybridized carbons (Fsp3) is 0.545. The highest BCUT2D eigenvalue weighted by atomic mass is 19.1. The lowest BCUT2D eigenvalue weighted by Gasteiger charge is -2.37. The number of halogens is 1. The first-order valence-corrected chi connectivity index (χ1v) is 16.7. The zero-order chi connectivity index (χ0) is 32.9. The minimum atomic E-state index is -0.534. The smallest absolute Gasteiger partial charge is 0.291 e. The lowest BCUT2D eigenvalue weighted by Crippen LogP contribution is -2.50. The van der Waals surface area contributed by atoms with E-state index in [4.69, 9.17) is 15.5 Å². The first-order valence-electron chi connectivity index (χ1n) is 16.7. The number of ether oxygens (including phenoxy) is 1. The van der Waals surface area contributed by atoms with Crippen LogP contribution in [0.1, 0.15) is 62.5 Å². The number of hydrogen-bond donors (Lipinski definition) is 5. The van der Waals surface area contributed by atoms with Gasteiger partial charge in [0.1, 0.15) is 17.3 Å². The fourth-order valence-corrected chi connectivity index (χ4v) is 6.78. The molecule has 13 nitrogen and oxygen atoms in total. The Hall–Kier alpha value is -4.14. The molecule has 252 valence electrons. The van der Waals surface area contributed by atoms with Crippen molar-refractivity contribution in [2.24, 2.45) is 11.7 Å². The van der Waals surface area contributed by atoms with Crippen molar-refractivity contribution < 1.29 is 18.7 Å². The molecule has 3 aliphatic rings. The lowest BCUT2D eigenvalue weighted by molar-refractivity contribution is -0.123. The van der Waals surface area contributed by atoms with Gasteiger partial charge in [0.2, 0.25) is 11.9 Å². The summed E-state index contributed by atoms with van der Waals surface area (Å²) in [5.41, 5.74) is 7.28. The summed E-state index contributed by atoms with van der Waals surface area (Å²) >= 11 is 0. The SMILES string of the molecule is CNc1nc(-c2c[nH]c(C(=O)Nc3cccc(F)c3N3CCO[C@@H](CN)C3)n2)cc(N(C(=O)C2CCC(C)NC2)C2CCCCC2)n1. The first kappa shape index (κ1) is 32.8. The normalized spacial score (nSPS) is 22.1. The number of para-hydroxylation sites is 1. The van der Waals surface area contributed by atoms with Crippen LogP contribution >= 0.6 is 0 Å². The standard InChI is InChI=1S/C33H45FN10O3/c1-20-11-12-21(17-37-20)32(46)44(22-7-4-3-5-8-22)28-15-26(41-33(36-2)42-28)27-18-38-30(39-27)31(45)40-25-10-6-9-24(34)29(25)43-13-14-47-23(16-35)19-43/h6,9-10,15,18,20-23,37H,3-5,7-8,11-14,16-17,19,35H2,1-2H3,(H,38,39)(H,40,45)(H,36,41,42)/t20?,21?,23-/m0/s1. The summed E-state index contributed by atoms with van der Waals surface area (Å²) in [6.07, 6.45) is 8.27. The van der Waals surface area contributed by atoms with Crippen molar-refractivity contribution in [3.63, 3.8) is 0 Å². The highest BCUT2D eigenvalue weighted by molar-refractivity contribution is 6.04. The highest BCUT2D eigenvalue weighted by Crippen LogP contribution is 2.33. The van der Waals surface area contributed by atoms with Crippen LogP contribution in [-0.4, -0.2) is 89.8 Å². The molecule has 0 bridgehead atoms. The molecule has 3 aromatic rings. The second-order valence-electron chi connectivity index (χ2n) is 12.7. The number of rotatable bonds is 9. The van der Waals surface area contributed by atoms with E-state index in [1.165, 1.54) is 6.07 Å². The van der Waals surface area contributed by atoms with E-state index in [-0.39, 0.29) is 35.5 Å². The zero-order valence-corrected chi connectivity index (χ0v) is 27.1. The summed E-state index contributed by atoms with van der Waals surface area (Å²) in [5, 5.41) is 9.31. The monoisotopic (exact) mass is 648 g/mol. The van der Waals surface area contributed by atoms with Crippen molar-refractivity contribution in [3.05, 3.63) is 42.1 Å². The Bertz CT molecular complexity index is 1550. The van der Waals surface area contributed by atoms with Crippen LogP contribution in [0.2, 0.25) is 0 Å². The molecule has 1 saturated carbocycles. The van der Waals surface area contributed by atoms with Gasteiger partial charge in [-0.1, -0.05) is 25.3 Å². The molecule has 2 saturated heterocycles. The molecule has 1 aliphatic carbocycles. The molecule has 0 radical (unpaired) electrons. The lowest BCUT2D eigenvalue weighted by atomic mass is 9.90. The molecule has 4 heterocycles. The number of anilines is 4. The molecule has 0 spiro atoms. The Morgan fingerprint density at radius 2 is 1.96 bits per heavy atom. The van der Waals surface area contributed by atoms with Gasteiger partial charge in [-0.2, -0.15) is 4.98 Å². The van der Waals surface area contributed by atoms with Crippen molar-refractivity contribution in [3.8, 4) is 11.4 Å². The molecule has 2 amide bonds. The third-order valence-corrected chi connectivity index (χ3v) is 9.38. The quantitative estimate of drug-likeness (QED) is 0.232. The Morgan fingerprint density at radius 3 is 2.70 bits per heavy atom. The second-order valence-corrected chi connectivity index (χ2v) is 12.7. The van der Waals surface area contributed by atoms with Crippen LogP contribution in [0, 0.1) is 11.7 Å². The van der Waals surface area contributed by atoms with Crippen LogP contribution < -0.4 is 31.5 Å². The van der Waals surface area contributed by atoms with Gasteiger partial charge in [0.25, 0.3) is 5.91 Å². The number of aromatic amines is 1. The minimum Gasteiger partial charge on any atom is -0.373 e. The van der Waals surface area contributed by atoms with Gasteiger partial charge < -0.3 is 36.3 Å². The van der Waals surface area contributed by atoms with Crippen LogP contribution in [0.25, 0.3) is 11.4 Å². The van der Waals surface area contributed by atoms with Gasteiger partial charge in [0, 0.05) is 57.6 Å². The van der Waals surface area contributed by atoms with E-state index in [1.807, 2.05) is 9.80 Å². The van der Waals surface area contributed by atoms with Crippen LogP contribution in [-0.2, 0) is 9.53 Å². The number of H-pyrrole nitrogens is 1. The van der Waals surface area contributed by atoms with Gasteiger partial charge in [0.05, 0.1) is 35.7 Å². The Balaban J connectivity index is 1.26. The zero-order valence-electron chi connectivity index (χ0n) is 27.1. The number of carbonyl (C=O) groups excluding carboxylic acids is 2. The average molecular weight is 649 g/mol. The van der Waals surface area contributed by atoms with Gasteiger partial charge in [0.15, 0.2) is 5.82 Å². The number of nitrogens with zero attached hydrogens (tertiary/aromatic N) is 5. The van der Waals surface area contributed by atoms with E-state index in [0.29, 0.717) is 67.7 Å². The Labute approximate surface area is 274 Å². The van der Waals surface area contributed by atoms with Gasteiger partial charge in [-0.3, -0.25) is 14.5 Å². The number of imidazole rings is 1. The molecule has 2 unspecified atom stereocenters. The van der Waals surface area contributed by atoms with Gasteiger partial charge >= 0.3 is 0 Å². The van der Waals surface area contributed by atoms with Crippen LogP contribution in [0.4, 0.5) is 27.5 Å². The molecule has 2 aromatic heterocycles. The molecular formula is C33H45FN10O3.